The number of rotatable bonds is 5. The van der Waals surface area contributed by atoms with Crippen LogP contribution in [0.5, 0.6) is 0 Å². The van der Waals surface area contributed by atoms with Crippen LogP contribution in [0.25, 0.3) is 0 Å². The average Bonchev–Trinajstić information content (AvgIpc) is 3.29. The number of halogens is 3. The smallest absolute Gasteiger partial charge is 0.234 e. The predicted molar refractivity (Wildman–Crippen MR) is 111 cm³/mol. The van der Waals surface area contributed by atoms with Crippen LogP contribution in [-0.2, 0) is 29.1 Å². The van der Waals surface area contributed by atoms with E-state index in [-0.39, 0.29) is 23.9 Å². The van der Waals surface area contributed by atoms with Gasteiger partial charge >= 0.3 is 0 Å². The van der Waals surface area contributed by atoms with E-state index < -0.39 is 29.3 Å². The van der Waals surface area contributed by atoms with E-state index in [2.05, 4.69) is 17.0 Å². The van der Waals surface area contributed by atoms with Gasteiger partial charge in [0.05, 0.1) is 11.8 Å². The number of fused-ring (bicyclic) bond motifs is 2. The van der Waals surface area contributed by atoms with E-state index in [1.807, 2.05) is 12.1 Å². The van der Waals surface area contributed by atoms with Crippen molar-refractivity contribution in [3.05, 3.63) is 70.5 Å². The van der Waals surface area contributed by atoms with Gasteiger partial charge in [-0.05, 0) is 23.6 Å². The predicted octanol–water partition coefficient (Wildman–Crippen LogP) is 2.58. The van der Waals surface area contributed by atoms with E-state index in [1.54, 1.807) is 4.90 Å². The van der Waals surface area contributed by atoms with Crippen molar-refractivity contribution in [2.45, 2.75) is 19.5 Å². The van der Waals surface area contributed by atoms with Crippen molar-refractivity contribution in [3.63, 3.8) is 0 Å². The monoisotopic (exact) mass is 443 g/mol. The number of benzene rings is 2. The molecular formula is C24H24F3N3O2. The fourth-order valence-corrected chi connectivity index (χ4v) is 5.16. The number of hydrogen-bond donors (Lipinski definition) is 0. The highest BCUT2D eigenvalue weighted by atomic mass is 19.2. The highest BCUT2D eigenvalue weighted by Gasteiger charge is 2.52. The summed E-state index contributed by atoms with van der Waals surface area (Å²) in [5.74, 6) is -4.47. The van der Waals surface area contributed by atoms with E-state index in [4.69, 9.17) is 0 Å². The van der Waals surface area contributed by atoms with E-state index >= 15 is 0 Å². The molecule has 2 aromatic carbocycles. The molecule has 3 aliphatic heterocycles. The Balaban J connectivity index is 1.18. The minimum atomic E-state index is -1.23. The third kappa shape index (κ3) is 3.82. The Kier molecular flexibility index (Phi) is 5.51. The fraction of sp³-hybridized carbons (Fsp3) is 0.417. The zero-order valence-electron chi connectivity index (χ0n) is 17.6. The third-order valence-corrected chi connectivity index (χ3v) is 6.89. The first-order valence-electron chi connectivity index (χ1n) is 10.9. The second kappa shape index (κ2) is 8.33. The topological polar surface area (TPSA) is 43.9 Å². The number of imide groups is 1. The molecule has 0 spiro atoms. The maximum atomic E-state index is 14.0. The van der Waals surface area contributed by atoms with E-state index in [1.165, 1.54) is 16.0 Å². The van der Waals surface area contributed by atoms with E-state index in [0.717, 1.165) is 25.6 Å². The lowest BCUT2D eigenvalue weighted by Crippen LogP contribution is -2.42. The maximum absolute atomic E-state index is 14.0. The lowest BCUT2D eigenvalue weighted by Gasteiger charge is -2.30. The Bertz CT molecular complexity index is 1050. The van der Waals surface area contributed by atoms with Crippen molar-refractivity contribution in [3.8, 4) is 0 Å². The van der Waals surface area contributed by atoms with Gasteiger partial charge in [0.25, 0.3) is 0 Å². The van der Waals surface area contributed by atoms with Crippen molar-refractivity contribution in [2.75, 3.05) is 32.7 Å². The summed E-state index contributed by atoms with van der Waals surface area (Å²) in [7, 11) is 0. The third-order valence-electron chi connectivity index (χ3n) is 6.89. The minimum absolute atomic E-state index is 0.0195. The summed E-state index contributed by atoms with van der Waals surface area (Å²) in [6.45, 7) is 3.35. The number of likely N-dealkylation sites (tertiary alicyclic amines) is 2. The molecule has 2 saturated heterocycles. The van der Waals surface area contributed by atoms with E-state index in [9.17, 15) is 22.8 Å². The second-order valence-electron chi connectivity index (χ2n) is 8.89. The highest BCUT2D eigenvalue weighted by molar-refractivity contribution is 6.05. The van der Waals surface area contributed by atoms with Gasteiger partial charge in [-0.15, -0.1) is 0 Å². The number of hydrogen-bond acceptors (Lipinski definition) is 4. The summed E-state index contributed by atoms with van der Waals surface area (Å²) in [6, 6.07) is 9.68. The first-order valence-corrected chi connectivity index (χ1v) is 10.9. The molecule has 2 fully saturated rings. The van der Waals surface area contributed by atoms with Crippen molar-refractivity contribution < 1.29 is 22.8 Å². The number of amides is 2. The maximum Gasteiger partial charge on any atom is 0.234 e. The van der Waals surface area contributed by atoms with Crippen molar-refractivity contribution >= 4 is 11.8 Å². The lowest BCUT2D eigenvalue weighted by molar-refractivity contribution is -0.140. The van der Waals surface area contributed by atoms with Crippen molar-refractivity contribution in [2.24, 2.45) is 11.8 Å². The number of carbonyl (C=O) groups is 2. The SMILES string of the molecule is O=C1[C@H]2CN(Cc3cc(F)c(F)cc3F)C[C@H]2C(=O)N1CCN1CCc2ccccc2C1. The van der Waals surface area contributed by atoms with Gasteiger partial charge in [0.15, 0.2) is 11.6 Å². The standard InChI is InChI=1S/C24H24F3N3O2/c25-20-10-22(27)21(26)9-17(20)12-29-13-18-19(14-29)24(32)30(23(18)31)8-7-28-6-5-15-3-1-2-4-16(15)11-28/h1-4,9-10,18-19H,5-8,11-14H2/t18-,19+. The second-order valence-corrected chi connectivity index (χ2v) is 8.89. The van der Waals surface area contributed by atoms with Gasteiger partial charge in [-0.3, -0.25) is 24.3 Å². The number of nitrogens with zero attached hydrogens (tertiary/aromatic N) is 3. The Morgan fingerprint density at radius 3 is 2.19 bits per heavy atom. The molecule has 32 heavy (non-hydrogen) atoms. The molecule has 0 unspecified atom stereocenters. The van der Waals surface area contributed by atoms with Crippen LogP contribution in [0.4, 0.5) is 13.2 Å². The van der Waals surface area contributed by atoms with Crippen LogP contribution < -0.4 is 0 Å². The van der Waals surface area contributed by atoms with Gasteiger partial charge in [0.2, 0.25) is 11.8 Å². The van der Waals surface area contributed by atoms with Gasteiger partial charge in [0, 0.05) is 57.4 Å². The summed E-state index contributed by atoms with van der Waals surface area (Å²) in [4.78, 5) is 31.2. The van der Waals surface area contributed by atoms with E-state index in [0.29, 0.717) is 32.2 Å². The average molecular weight is 443 g/mol. The molecule has 5 nitrogen and oxygen atoms in total. The lowest BCUT2D eigenvalue weighted by atomic mass is 10.00. The Morgan fingerprint density at radius 1 is 0.812 bits per heavy atom. The van der Waals surface area contributed by atoms with Gasteiger partial charge in [-0.1, -0.05) is 24.3 Å². The minimum Gasteiger partial charge on any atom is -0.297 e. The summed E-state index contributed by atoms with van der Waals surface area (Å²) < 4.78 is 40.6. The quantitative estimate of drug-likeness (QED) is 0.527. The molecule has 0 bridgehead atoms. The molecule has 3 aliphatic rings. The Morgan fingerprint density at radius 2 is 1.47 bits per heavy atom. The molecule has 168 valence electrons. The van der Waals surface area contributed by atoms with Crippen molar-refractivity contribution in [1.29, 1.82) is 0 Å². The van der Waals surface area contributed by atoms with Gasteiger partial charge in [-0.25, -0.2) is 13.2 Å². The van der Waals surface area contributed by atoms with Crippen LogP contribution >= 0.6 is 0 Å². The van der Waals surface area contributed by atoms with Crippen LogP contribution in [0.3, 0.4) is 0 Å². The molecule has 8 heteroatoms. The van der Waals surface area contributed by atoms with Crippen LogP contribution in [0.1, 0.15) is 16.7 Å². The molecule has 0 aliphatic carbocycles. The molecule has 0 N–H and O–H groups in total. The van der Waals surface area contributed by atoms with Crippen LogP contribution in [0.2, 0.25) is 0 Å². The Hall–Kier alpha value is -2.71. The highest BCUT2D eigenvalue weighted by Crippen LogP contribution is 2.34. The van der Waals surface area contributed by atoms with Crippen molar-refractivity contribution in [1.82, 2.24) is 14.7 Å². The molecule has 2 amide bonds. The number of carbonyl (C=O) groups excluding carboxylic acids is 2. The first kappa shape index (κ1) is 21.2. The molecule has 0 aromatic heterocycles. The fourth-order valence-electron chi connectivity index (χ4n) is 5.16. The summed E-state index contributed by atoms with van der Waals surface area (Å²) in [5, 5.41) is 0. The molecule has 2 atom stereocenters. The summed E-state index contributed by atoms with van der Waals surface area (Å²) >= 11 is 0. The molecule has 5 rings (SSSR count). The zero-order chi connectivity index (χ0) is 22.4. The molecule has 0 saturated carbocycles. The van der Waals surface area contributed by atoms with Crippen LogP contribution in [0, 0.1) is 29.3 Å². The first-order chi connectivity index (χ1) is 15.4. The zero-order valence-corrected chi connectivity index (χ0v) is 17.6. The van der Waals surface area contributed by atoms with Gasteiger partial charge < -0.3 is 0 Å². The largest absolute Gasteiger partial charge is 0.297 e. The van der Waals surface area contributed by atoms with Crippen LogP contribution in [-0.4, -0.2) is 59.2 Å². The Labute approximate surface area is 184 Å². The normalized spacial score (nSPS) is 23.7. The molecule has 3 heterocycles. The molecule has 0 radical (unpaired) electrons. The van der Waals surface area contributed by atoms with Crippen LogP contribution in [0.15, 0.2) is 36.4 Å². The summed E-state index contributed by atoms with van der Waals surface area (Å²) in [5.41, 5.74) is 2.66. The molecular weight excluding hydrogens is 419 g/mol. The summed E-state index contributed by atoms with van der Waals surface area (Å²) in [6.07, 6.45) is 0.957. The van der Waals surface area contributed by atoms with Gasteiger partial charge in [0.1, 0.15) is 5.82 Å². The molecule has 2 aromatic rings. The van der Waals surface area contributed by atoms with Gasteiger partial charge in [-0.2, -0.15) is 0 Å².